The molecule has 3 amide bonds. The number of β-lactam (4-membered cyclic amide) rings is 1. The van der Waals surface area contributed by atoms with Crippen LogP contribution in [-0.2, 0) is 4.79 Å². The molecule has 2 atom stereocenters. The summed E-state index contributed by atoms with van der Waals surface area (Å²) in [6.07, 6.45) is 0. The molecule has 0 unspecified atom stereocenters. The standard InChI is InChI=1S/C23H13ClFN3O5/c24-13-6-10-15(11-7-13)26-19(12-4-8-14(25)9-5-12)20(23(26)31)27-21(29)16-2-1-3-17(28(32)33)18(16)22(27)30/h1-11,19-20H/t19-,20-/m1/s1. The SMILES string of the molecule is O=C1c2cccc([N+](=O)[O-])c2C(=O)N1[C@H]1C(=O)N(c2ccc(Cl)cc2)[C@@H]1c1ccc(F)cc1. The zero-order chi connectivity index (χ0) is 23.4. The first-order valence-electron chi connectivity index (χ1n) is 9.79. The normalized spacial score (nSPS) is 19.5. The summed E-state index contributed by atoms with van der Waals surface area (Å²) in [5.74, 6) is -2.75. The molecule has 2 aliphatic rings. The first kappa shape index (κ1) is 20.8. The van der Waals surface area contributed by atoms with Crippen molar-refractivity contribution < 1.29 is 23.7 Å². The van der Waals surface area contributed by atoms with Gasteiger partial charge >= 0.3 is 0 Å². The Kier molecular flexibility index (Phi) is 4.71. The molecule has 0 spiro atoms. The molecule has 0 radical (unpaired) electrons. The molecule has 1 fully saturated rings. The molecule has 8 nitrogen and oxygen atoms in total. The molecule has 3 aromatic rings. The number of anilines is 1. The predicted molar refractivity (Wildman–Crippen MR) is 115 cm³/mol. The van der Waals surface area contributed by atoms with Crippen LogP contribution in [0.1, 0.15) is 32.3 Å². The van der Waals surface area contributed by atoms with Crippen LogP contribution in [0.15, 0.2) is 66.7 Å². The van der Waals surface area contributed by atoms with Crippen molar-refractivity contribution in [2.75, 3.05) is 4.90 Å². The van der Waals surface area contributed by atoms with Gasteiger partial charge in [-0.25, -0.2) is 4.39 Å². The summed E-state index contributed by atoms with van der Waals surface area (Å²) in [4.78, 5) is 52.4. The van der Waals surface area contributed by atoms with Crippen molar-refractivity contribution in [3.8, 4) is 0 Å². The number of nitro groups is 1. The smallest absolute Gasteiger partial charge is 0.282 e. The third kappa shape index (κ3) is 3.08. The second kappa shape index (κ2) is 7.49. The summed E-state index contributed by atoms with van der Waals surface area (Å²) in [6.45, 7) is 0. The maximum Gasteiger partial charge on any atom is 0.282 e. The third-order valence-electron chi connectivity index (χ3n) is 5.78. The summed E-state index contributed by atoms with van der Waals surface area (Å²) in [6, 6.07) is 13.4. The van der Waals surface area contributed by atoms with Gasteiger partial charge in [0.25, 0.3) is 23.4 Å². The number of halogens is 2. The lowest BCUT2D eigenvalue weighted by atomic mass is 9.86. The minimum atomic E-state index is -1.25. The van der Waals surface area contributed by atoms with Gasteiger partial charge in [-0.2, -0.15) is 0 Å². The zero-order valence-corrected chi connectivity index (χ0v) is 17.4. The Balaban J connectivity index is 1.60. The van der Waals surface area contributed by atoms with Gasteiger partial charge in [0, 0.05) is 16.8 Å². The summed E-state index contributed by atoms with van der Waals surface area (Å²) in [5.41, 5.74) is -0.0273. The largest absolute Gasteiger partial charge is 0.300 e. The average molecular weight is 466 g/mol. The van der Waals surface area contributed by atoms with E-state index in [0.29, 0.717) is 16.3 Å². The minimum absolute atomic E-state index is 0.134. The maximum atomic E-state index is 13.6. The van der Waals surface area contributed by atoms with E-state index < -0.39 is 46.2 Å². The van der Waals surface area contributed by atoms with Crippen molar-refractivity contribution in [1.29, 1.82) is 0 Å². The van der Waals surface area contributed by atoms with E-state index in [-0.39, 0.29) is 11.1 Å². The summed E-state index contributed by atoms with van der Waals surface area (Å²) in [5, 5.41) is 11.9. The number of nitrogens with zero attached hydrogens (tertiary/aromatic N) is 3. The topological polar surface area (TPSA) is 101 Å². The number of fused-ring (bicyclic) bond motifs is 1. The van der Waals surface area contributed by atoms with E-state index in [4.69, 9.17) is 11.6 Å². The second-order valence-corrected chi connectivity index (χ2v) is 8.00. The van der Waals surface area contributed by atoms with Crippen LogP contribution < -0.4 is 4.90 Å². The van der Waals surface area contributed by atoms with Crippen LogP contribution in [0.4, 0.5) is 15.8 Å². The van der Waals surface area contributed by atoms with Gasteiger partial charge in [0.05, 0.1) is 16.5 Å². The molecule has 0 N–H and O–H groups in total. The molecule has 3 aromatic carbocycles. The first-order valence-corrected chi connectivity index (χ1v) is 10.2. The molecule has 164 valence electrons. The average Bonchev–Trinajstić information content (AvgIpc) is 3.05. The molecule has 2 heterocycles. The fourth-order valence-corrected chi connectivity index (χ4v) is 4.42. The van der Waals surface area contributed by atoms with Gasteiger partial charge in [-0.1, -0.05) is 29.8 Å². The van der Waals surface area contributed by atoms with E-state index >= 15 is 0 Å². The lowest BCUT2D eigenvalue weighted by Gasteiger charge is -2.49. The minimum Gasteiger partial charge on any atom is -0.300 e. The zero-order valence-electron chi connectivity index (χ0n) is 16.6. The van der Waals surface area contributed by atoms with Crippen LogP contribution in [0.3, 0.4) is 0 Å². The summed E-state index contributed by atoms with van der Waals surface area (Å²) in [7, 11) is 0. The molecule has 0 bridgehead atoms. The van der Waals surface area contributed by atoms with E-state index in [1.807, 2.05) is 0 Å². The van der Waals surface area contributed by atoms with Crippen LogP contribution in [0.25, 0.3) is 0 Å². The van der Waals surface area contributed by atoms with E-state index in [1.54, 1.807) is 24.3 Å². The number of hydrogen-bond donors (Lipinski definition) is 0. The van der Waals surface area contributed by atoms with Crippen LogP contribution in [0.5, 0.6) is 0 Å². The van der Waals surface area contributed by atoms with Crippen molar-refractivity contribution in [3.05, 3.63) is 104 Å². The molecule has 1 saturated heterocycles. The number of carbonyl (C=O) groups excluding carboxylic acids is 3. The van der Waals surface area contributed by atoms with E-state index in [0.717, 1.165) is 11.0 Å². The van der Waals surface area contributed by atoms with Crippen LogP contribution in [0, 0.1) is 15.9 Å². The van der Waals surface area contributed by atoms with Gasteiger partial charge in [-0.15, -0.1) is 0 Å². The number of carbonyl (C=O) groups is 3. The highest BCUT2D eigenvalue weighted by Gasteiger charge is 2.58. The summed E-state index contributed by atoms with van der Waals surface area (Å²) >= 11 is 5.95. The molecule has 0 aromatic heterocycles. The predicted octanol–water partition coefficient (Wildman–Crippen LogP) is 4.14. The van der Waals surface area contributed by atoms with E-state index in [2.05, 4.69) is 0 Å². The molecule has 5 rings (SSSR count). The number of imide groups is 1. The maximum absolute atomic E-state index is 13.6. The van der Waals surface area contributed by atoms with Crippen molar-refractivity contribution in [2.45, 2.75) is 12.1 Å². The van der Waals surface area contributed by atoms with Crippen molar-refractivity contribution in [3.63, 3.8) is 0 Å². The van der Waals surface area contributed by atoms with Crippen molar-refractivity contribution >= 4 is 40.7 Å². The fraction of sp³-hybridized carbons (Fsp3) is 0.0870. The Morgan fingerprint density at radius 2 is 1.52 bits per heavy atom. The van der Waals surface area contributed by atoms with Crippen molar-refractivity contribution in [1.82, 2.24) is 4.90 Å². The Morgan fingerprint density at radius 1 is 0.848 bits per heavy atom. The molecule has 33 heavy (non-hydrogen) atoms. The Morgan fingerprint density at radius 3 is 2.15 bits per heavy atom. The van der Waals surface area contributed by atoms with Crippen LogP contribution >= 0.6 is 11.6 Å². The molecule has 10 heteroatoms. The Bertz CT molecular complexity index is 1340. The molecule has 0 saturated carbocycles. The molecular formula is C23H13ClFN3O5. The van der Waals surface area contributed by atoms with Gasteiger partial charge in [-0.3, -0.25) is 29.4 Å². The number of benzene rings is 3. The first-order chi connectivity index (χ1) is 15.8. The highest BCUT2D eigenvalue weighted by atomic mass is 35.5. The van der Waals surface area contributed by atoms with Gasteiger partial charge in [0.15, 0.2) is 0 Å². The van der Waals surface area contributed by atoms with E-state index in [9.17, 15) is 28.9 Å². The highest BCUT2D eigenvalue weighted by molar-refractivity contribution is 6.30. The fourth-order valence-electron chi connectivity index (χ4n) is 4.30. The number of amides is 3. The van der Waals surface area contributed by atoms with Gasteiger partial charge in [0.1, 0.15) is 17.4 Å². The van der Waals surface area contributed by atoms with Crippen LogP contribution in [-0.4, -0.2) is 33.6 Å². The Labute approximate surface area is 190 Å². The number of nitro benzene ring substituents is 1. The Hall–Kier alpha value is -4.11. The van der Waals surface area contributed by atoms with Gasteiger partial charge in [-0.05, 0) is 48.0 Å². The number of rotatable bonds is 4. The molecular weight excluding hydrogens is 453 g/mol. The lowest BCUT2D eigenvalue weighted by Crippen LogP contribution is -2.67. The second-order valence-electron chi connectivity index (χ2n) is 7.56. The monoisotopic (exact) mass is 465 g/mol. The third-order valence-corrected chi connectivity index (χ3v) is 6.04. The van der Waals surface area contributed by atoms with Gasteiger partial charge < -0.3 is 4.90 Å². The van der Waals surface area contributed by atoms with Gasteiger partial charge in [0.2, 0.25) is 0 Å². The molecule has 0 aliphatic carbocycles. The quantitative estimate of drug-likeness (QED) is 0.249. The number of hydrogen-bond acceptors (Lipinski definition) is 5. The lowest BCUT2D eigenvalue weighted by molar-refractivity contribution is -0.385. The van der Waals surface area contributed by atoms with E-state index in [1.165, 1.54) is 41.3 Å². The van der Waals surface area contributed by atoms with Crippen LogP contribution in [0.2, 0.25) is 5.02 Å². The van der Waals surface area contributed by atoms with Crippen molar-refractivity contribution in [2.24, 2.45) is 0 Å². The summed E-state index contributed by atoms with van der Waals surface area (Å²) < 4.78 is 13.6. The molecule has 2 aliphatic heterocycles. The highest BCUT2D eigenvalue weighted by Crippen LogP contribution is 2.45.